The zero-order valence-electron chi connectivity index (χ0n) is 11.5. The highest BCUT2D eigenvalue weighted by Crippen LogP contribution is 2.36. The van der Waals surface area contributed by atoms with Crippen LogP contribution in [0.4, 0.5) is 15.9 Å². The van der Waals surface area contributed by atoms with Crippen LogP contribution in [-0.4, -0.2) is 19.2 Å². The van der Waals surface area contributed by atoms with E-state index in [0.29, 0.717) is 12.1 Å². The Morgan fingerprint density at radius 1 is 1.32 bits per heavy atom. The summed E-state index contributed by atoms with van der Waals surface area (Å²) in [4.78, 5) is 5.65. The van der Waals surface area contributed by atoms with Gasteiger partial charge in [0, 0.05) is 12.6 Å². The Bertz CT molecular complexity index is 883. The molecule has 0 radical (unpaired) electrons. The predicted octanol–water partition coefficient (Wildman–Crippen LogP) is 3.52. The fourth-order valence-corrected chi connectivity index (χ4v) is 3.55. The third kappa shape index (κ3) is 2.36. The van der Waals surface area contributed by atoms with Gasteiger partial charge in [-0.15, -0.1) is 4.40 Å². The summed E-state index contributed by atoms with van der Waals surface area (Å²) in [7, 11) is -3.80. The van der Waals surface area contributed by atoms with Crippen molar-refractivity contribution in [1.29, 1.82) is 0 Å². The molecule has 0 spiro atoms. The van der Waals surface area contributed by atoms with Crippen LogP contribution in [0, 0.1) is 5.82 Å². The van der Waals surface area contributed by atoms with Crippen LogP contribution < -0.4 is 4.90 Å². The van der Waals surface area contributed by atoms with Crippen molar-refractivity contribution in [3.05, 3.63) is 47.4 Å². The number of hydrogen-bond acceptors (Lipinski definition) is 4. The second kappa shape index (κ2) is 5.33. The van der Waals surface area contributed by atoms with Crippen LogP contribution in [0.5, 0.6) is 0 Å². The molecule has 2 aromatic rings. The number of aromatic nitrogens is 1. The number of benzene rings is 1. The lowest BCUT2D eigenvalue weighted by atomic mass is 10.2. The van der Waals surface area contributed by atoms with E-state index >= 15 is 0 Å². The molecule has 2 heterocycles. The molecule has 1 aliphatic rings. The molecule has 0 saturated heterocycles. The molecule has 0 unspecified atom stereocenters. The SMILES string of the molecule is CCC1=NS(=O)(=O)c2cccnc2N1c1ccc(Cl)c(F)c1. The monoisotopic (exact) mass is 339 g/mol. The van der Waals surface area contributed by atoms with Gasteiger partial charge in [-0.1, -0.05) is 18.5 Å². The maximum absolute atomic E-state index is 13.8. The second-order valence-electron chi connectivity index (χ2n) is 4.60. The Morgan fingerprint density at radius 2 is 2.09 bits per heavy atom. The van der Waals surface area contributed by atoms with E-state index in [1.807, 2.05) is 0 Å². The molecule has 22 heavy (non-hydrogen) atoms. The first-order chi connectivity index (χ1) is 10.4. The number of anilines is 2. The minimum absolute atomic E-state index is 0.00962. The van der Waals surface area contributed by atoms with Crippen LogP contribution >= 0.6 is 11.6 Å². The summed E-state index contributed by atoms with van der Waals surface area (Å²) in [6.45, 7) is 1.77. The maximum atomic E-state index is 13.8. The van der Waals surface area contributed by atoms with E-state index in [4.69, 9.17) is 11.6 Å². The van der Waals surface area contributed by atoms with Gasteiger partial charge >= 0.3 is 0 Å². The summed E-state index contributed by atoms with van der Waals surface area (Å²) >= 11 is 5.70. The molecule has 0 N–H and O–H groups in total. The number of rotatable bonds is 2. The molecule has 0 bridgehead atoms. The third-order valence-electron chi connectivity index (χ3n) is 3.20. The standard InChI is InChI=1S/C14H11ClFN3O2S/c1-2-13-18-22(20,21)12-4-3-7-17-14(12)19(13)9-5-6-10(15)11(16)8-9/h3-8H,2H2,1H3. The zero-order chi connectivity index (χ0) is 15.9. The van der Waals surface area contributed by atoms with E-state index < -0.39 is 15.8 Å². The Morgan fingerprint density at radius 3 is 2.77 bits per heavy atom. The molecule has 1 aliphatic heterocycles. The first kappa shape index (κ1) is 14.9. The van der Waals surface area contributed by atoms with Gasteiger partial charge in [-0.25, -0.2) is 9.37 Å². The molecule has 0 amide bonds. The third-order valence-corrected chi connectivity index (χ3v) is 4.83. The van der Waals surface area contributed by atoms with Gasteiger partial charge in [0.2, 0.25) is 0 Å². The molecular formula is C14H11ClFN3O2S. The van der Waals surface area contributed by atoms with Crippen molar-refractivity contribution in [3.63, 3.8) is 0 Å². The number of halogens is 2. The van der Waals surface area contributed by atoms with Gasteiger partial charge in [0.05, 0.1) is 10.7 Å². The number of nitrogens with zero attached hydrogens (tertiary/aromatic N) is 3. The topological polar surface area (TPSA) is 62.6 Å². The zero-order valence-corrected chi connectivity index (χ0v) is 13.1. The van der Waals surface area contributed by atoms with E-state index in [-0.39, 0.29) is 21.6 Å². The number of amidine groups is 1. The van der Waals surface area contributed by atoms with Crippen molar-refractivity contribution in [3.8, 4) is 0 Å². The highest BCUT2D eigenvalue weighted by molar-refractivity contribution is 7.90. The largest absolute Gasteiger partial charge is 0.287 e. The Labute approximate surface area is 132 Å². The smallest absolute Gasteiger partial charge is 0.281 e. The first-order valence-electron chi connectivity index (χ1n) is 6.48. The van der Waals surface area contributed by atoms with Crippen molar-refractivity contribution in [2.24, 2.45) is 4.40 Å². The van der Waals surface area contributed by atoms with Crippen molar-refractivity contribution in [2.75, 3.05) is 4.90 Å². The molecule has 0 fully saturated rings. The average molecular weight is 340 g/mol. The molecule has 1 aromatic carbocycles. The molecule has 3 rings (SSSR count). The summed E-state index contributed by atoms with van der Waals surface area (Å²) < 4.78 is 41.9. The van der Waals surface area contributed by atoms with Crippen LogP contribution in [0.3, 0.4) is 0 Å². The highest BCUT2D eigenvalue weighted by atomic mass is 35.5. The lowest BCUT2D eigenvalue weighted by Crippen LogP contribution is -2.32. The molecule has 0 saturated carbocycles. The van der Waals surface area contributed by atoms with E-state index in [0.717, 1.165) is 0 Å². The van der Waals surface area contributed by atoms with Crippen LogP contribution in [0.15, 0.2) is 45.8 Å². The van der Waals surface area contributed by atoms with E-state index in [2.05, 4.69) is 9.38 Å². The Kier molecular flexibility index (Phi) is 3.62. The van der Waals surface area contributed by atoms with E-state index in [1.54, 1.807) is 13.0 Å². The van der Waals surface area contributed by atoms with Gasteiger partial charge in [-0.3, -0.25) is 4.90 Å². The van der Waals surface area contributed by atoms with Crippen LogP contribution in [0.25, 0.3) is 0 Å². The van der Waals surface area contributed by atoms with Gasteiger partial charge in [-0.05, 0) is 30.3 Å². The van der Waals surface area contributed by atoms with Crippen molar-refractivity contribution in [1.82, 2.24) is 4.98 Å². The molecule has 0 aliphatic carbocycles. The number of pyridine rings is 1. The van der Waals surface area contributed by atoms with E-state index in [9.17, 15) is 12.8 Å². The van der Waals surface area contributed by atoms with Crippen LogP contribution in [0.2, 0.25) is 5.02 Å². The van der Waals surface area contributed by atoms with Crippen molar-refractivity contribution in [2.45, 2.75) is 18.2 Å². The lowest BCUT2D eigenvalue weighted by molar-refractivity contribution is 0.596. The molecule has 5 nitrogen and oxygen atoms in total. The second-order valence-corrected chi connectivity index (χ2v) is 6.57. The molecule has 0 atom stereocenters. The fourth-order valence-electron chi connectivity index (χ4n) is 2.22. The van der Waals surface area contributed by atoms with Gasteiger partial charge in [0.15, 0.2) is 5.82 Å². The summed E-state index contributed by atoms with van der Waals surface area (Å²) in [6.07, 6.45) is 1.83. The Hall–Kier alpha value is -1.99. The van der Waals surface area contributed by atoms with Gasteiger partial charge in [0.1, 0.15) is 16.5 Å². The average Bonchev–Trinajstić information content (AvgIpc) is 2.50. The van der Waals surface area contributed by atoms with Gasteiger partial charge in [-0.2, -0.15) is 8.42 Å². The number of fused-ring (bicyclic) bond motifs is 1. The summed E-state index contributed by atoms with van der Waals surface area (Å²) in [6, 6.07) is 7.17. The highest BCUT2D eigenvalue weighted by Gasteiger charge is 2.32. The first-order valence-corrected chi connectivity index (χ1v) is 8.30. The van der Waals surface area contributed by atoms with E-state index in [1.165, 1.54) is 35.4 Å². The minimum Gasteiger partial charge on any atom is -0.281 e. The normalized spacial score (nSPS) is 16.1. The predicted molar refractivity (Wildman–Crippen MR) is 82.7 cm³/mol. The molecule has 8 heteroatoms. The maximum Gasteiger partial charge on any atom is 0.287 e. The summed E-state index contributed by atoms with van der Waals surface area (Å²) in [5.74, 6) is -0.121. The van der Waals surface area contributed by atoms with Gasteiger partial charge < -0.3 is 0 Å². The van der Waals surface area contributed by atoms with Gasteiger partial charge in [0.25, 0.3) is 10.0 Å². The van der Waals surface area contributed by atoms with Crippen molar-refractivity contribution < 1.29 is 12.8 Å². The molecule has 114 valence electrons. The lowest BCUT2D eigenvalue weighted by Gasteiger charge is -2.29. The molecular weight excluding hydrogens is 329 g/mol. The fraction of sp³-hybridized carbons (Fsp3) is 0.143. The quantitative estimate of drug-likeness (QED) is 0.839. The number of hydrogen-bond donors (Lipinski definition) is 0. The van der Waals surface area contributed by atoms with Crippen molar-refractivity contribution >= 4 is 39.0 Å². The minimum atomic E-state index is -3.80. The van der Waals surface area contributed by atoms with Crippen LogP contribution in [0.1, 0.15) is 13.3 Å². The molecule has 1 aromatic heterocycles. The number of sulfonamides is 1. The summed E-state index contributed by atoms with van der Waals surface area (Å²) in [5.41, 5.74) is 0.414. The Balaban J connectivity index is 2.27. The van der Waals surface area contributed by atoms with Crippen LogP contribution in [-0.2, 0) is 10.0 Å². The summed E-state index contributed by atoms with van der Waals surface area (Å²) in [5, 5.41) is -0.00962.